The lowest BCUT2D eigenvalue weighted by Gasteiger charge is -2.56. The Labute approximate surface area is 254 Å². The van der Waals surface area contributed by atoms with Gasteiger partial charge < -0.3 is 9.84 Å². The van der Waals surface area contributed by atoms with Crippen LogP contribution in [0, 0.1) is 21.4 Å². The molecule has 2 aliphatic carbocycles. The van der Waals surface area contributed by atoms with Gasteiger partial charge in [-0.3, -0.25) is 24.5 Å². The van der Waals surface area contributed by atoms with Crippen LogP contribution in [-0.4, -0.2) is 52.0 Å². The molecule has 0 unspecified atom stereocenters. The molecule has 1 fully saturated rings. The minimum absolute atomic E-state index is 0.0401. The van der Waals surface area contributed by atoms with Crippen molar-refractivity contribution >= 4 is 28.3 Å². The van der Waals surface area contributed by atoms with Crippen molar-refractivity contribution in [3.8, 4) is 0 Å². The molecule has 0 amide bonds. The zero-order valence-electron chi connectivity index (χ0n) is 23.7. The monoisotopic (exact) mass is 617 g/mol. The number of hydrogen-bond acceptors (Lipinski definition) is 7. The van der Waals surface area contributed by atoms with Gasteiger partial charge in [0.15, 0.2) is 17.2 Å². The molecule has 45 heavy (non-hydrogen) atoms. The van der Waals surface area contributed by atoms with Crippen molar-refractivity contribution in [3.63, 3.8) is 0 Å². The quantitative estimate of drug-likeness (QED) is 0.128. The minimum Gasteiger partial charge on any atom is -0.466 e. The molecule has 0 aliphatic heterocycles. The van der Waals surface area contributed by atoms with Crippen molar-refractivity contribution in [1.82, 2.24) is 0 Å². The van der Waals surface area contributed by atoms with Crippen molar-refractivity contribution in [2.45, 2.75) is 36.6 Å². The highest BCUT2D eigenvalue weighted by molar-refractivity contribution is 6.31. The summed E-state index contributed by atoms with van der Waals surface area (Å²) in [4.78, 5) is 55.4. The van der Waals surface area contributed by atoms with E-state index in [2.05, 4.69) is 0 Å². The molecule has 1 saturated carbocycles. The largest absolute Gasteiger partial charge is 0.466 e. The third-order valence-electron chi connectivity index (χ3n) is 9.28. The molecule has 0 saturated heterocycles. The Morgan fingerprint density at radius 1 is 0.889 bits per heavy atom. The summed E-state index contributed by atoms with van der Waals surface area (Å²) < 4.78 is 52.9. The van der Waals surface area contributed by atoms with E-state index >= 15 is 13.2 Å². The first-order chi connectivity index (χ1) is 21.4. The number of aliphatic hydroxyl groups is 1. The highest BCUT2D eigenvalue weighted by Gasteiger charge is 2.87. The van der Waals surface area contributed by atoms with Gasteiger partial charge in [0.1, 0.15) is 11.3 Å². The molecule has 8 nitrogen and oxygen atoms in total. The lowest BCUT2D eigenvalue weighted by atomic mass is 9.45. The second-order valence-electron chi connectivity index (χ2n) is 11.3. The van der Waals surface area contributed by atoms with Gasteiger partial charge in [0, 0.05) is 16.1 Å². The fourth-order valence-electron chi connectivity index (χ4n) is 7.65. The van der Waals surface area contributed by atoms with E-state index in [1.165, 1.54) is 61.5 Å². The maximum Gasteiger partial charge on any atom is 0.419 e. The summed E-state index contributed by atoms with van der Waals surface area (Å²) in [6.07, 6.45) is -5.84. The highest BCUT2D eigenvalue weighted by atomic mass is 19.4. The van der Waals surface area contributed by atoms with E-state index in [1.807, 2.05) is 0 Å². The van der Waals surface area contributed by atoms with Gasteiger partial charge in [-0.2, -0.15) is 13.2 Å². The van der Waals surface area contributed by atoms with Gasteiger partial charge >= 0.3 is 12.1 Å². The van der Waals surface area contributed by atoms with Gasteiger partial charge in [0.2, 0.25) is 6.04 Å². The van der Waals surface area contributed by atoms with Crippen molar-refractivity contribution < 1.29 is 42.3 Å². The van der Waals surface area contributed by atoms with Gasteiger partial charge in [-0.15, -0.1) is 0 Å². The molecule has 0 aromatic heterocycles. The zero-order chi connectivity index (χ0) is 32.3. The van der Waals surface area contributed by atoms with Gasteiger partial charge in [-0.1, -0.05) is 97.1 Å². The number of nitrogens with zero attached hydrogens (tertiary/aromatic N) is 1. The number of ketones is 2. The molecular weight excluding hydrogens is 591 g/mol. The van der Waals surface area contributed by atoms with E-state index in [9.17, 15) is 29.6 Å². The van der Waals surface area contributed by atoms with Crippen LogP contribution >= 0.6 is 0 Å². The minimum atomic E-state index is -5.84. The molecule has 230 valence electrons. The number of esters is 1. The van der Waals surface area contributed by atoms with Crippen LogP contribution in [0.3, 0.4) is 0 Å². The first-order valence-electron chi connectivity index (χ1n) is 14.2. The second-order valence-corrected chi connectivity index (χ2v) is 11.3. The first kappa shape index (κ1) is 30.1. The molecule has 0 radical (unpaired) electrons. The number of carbonyl (C=O) groups excluding carboxylic acids is 3. The number of benzene rings is 4. The van der Waals surface area contributed by atoms with E-state index < -0.39 is 81.2 Å². The summed E-state index contributed by atoms with van der Waals surface area (Å²) in [7, 11) is 0. The van der Waals surface area contributed by atoms with E-state index in [1.54, 1.807) is 30.3 Å². The number of nitro groups is 1. The van der Waals surface area contributed by atoms with E-state index in [0.717, 1.165) is 12.1 Å². The van der Waals surface area contributed by atoms with Crippen molar-refractivity contribution in [2.75, 3.05) is 6.61 Å². The average Bonchev–Trinajstić information content (AvgIpc) is 3.24. The van der Waals surface area contributed by atoms with Crippen LogP contribution in [0.25, 0.3) is 10.8 Å². The third-order valence-corrected chi connectivity index (χ3v) is 9.28. The van der Waals surface area contributed by atoms with E-state index in [-0.39, 0.29) is 11.1 Å². The van der Waals surface area contributed by atoms with Crippen LogP contribution in [0.15, 0.2) is 97.1 Å². The Hall–Kier alpha value is -4.90. The number of carbonyl (C=O) groups is 3. The molecule has 1 N–H and O–H groups in total. The van der Waals surface area contributed by atoms with E-state index in [4.69, 9.17) is 4.74 Å². The van der Waals surface area contributed by atoms with Crippen LogP contribution in [0.4, 0.5) is 13.2 Å². The van der Waals surface area contributed by atoms with Crippen molar-refractivity contribution in [2.24, 2.45) is 11.3 Å². The van der Waals surface area contributed by atoms with Crippen molar-refractivity contribution in [1.29, 1.82) is 0 Å². The Balaban J connectivity index is 1.83. The Bertz CT molecular complexity index is 1820. The number of fused-ring (bicyclic) bond motifs is 2. The van der Waals surface area contributed by atoms with Crippen LogP contribution in [0.2, 0.25) is 0 Å². The molecule has 2 aliphatic rings. The second kappa shape index (κ2) is 10.6. The number of halogens is 3. The third kappa shape index (κ3) is 3.99. The molecular formula is C34H26F3NO7. The van der Waals surface area contributed by atoms with Crippen molar-refractivity contribution in [3.05, 3.63) is 129 Å². The standard InChI is InChI=1S/C34H26F3NO7/c1-2-45-31(41)27-25(22-18-10-14-19-11-6-7-15-21(19)22)28(38(43)44)26(20-12-4-3-5-13-20)32(33(27,42)34(35,36)37)29(39)23-16-8-9-17-24(23)30(32)40/h3-18,25-28,42H,2H2,1H3/t25-,26+,27+,28-,33-/m1/s1. The smallest absolute Gasteiger partial charge is 0.419 e. The summed E-state index contributed by atoms with van der Waals surface area (Å²) in [6, 6.07) is 20.6. The normalized spacial score (nSPS) is 25.7. The van der Waals surface area contributed by atoms with E-state index in [0.29, 0.717) is 10.8 Å². The summed E-state index contributed by atoms with van der Waals surface area (Å²) in [5, 5.41) is 26.6. The number of rotatable bonds is 5. The number of hydrogen-bond donors (Lipinski definition) is 1. The molecule has 1 spiro atoms. The summed E-state index contributed by atoms with van der Waals surface area (Å²) in [6.45, 7) is 0.890. The SMILES string of the molecule is CCOC(=O)[C@@H]1[C@@H](c2cccc3ccccc23)[C@@H]([N+](=O)[O-])[C@H](c2ccccc2)C2(C(=O)c3ccccc3C2=O)[C@@]1(O)C(F)(F)F. The number of ether oxygens (including phenoxy) is 1. The summed E-state index contributed by atoms with van der Waals surface area (Å²) in [5.41, 5.74) is -9.05. The molecule has 0 bridgehead atoms. The molecule has 11 heteroatoms. The molecule has 4 aromatic rings. The Morgan fingerprint density at radius 2 is 1.44 bits per heavy atom. The predicted octanol–water partition coefficient (Wildman–Crippen LogP) is 5.90. The van der Waals surface area contributed by atoms with Gasteiger partial charge in [-0.05, 0) is 28.8 Å². The maximum absolute atomic E-state index is 15.9. The number of Topliss-reactive ketones (excluding diaryl/α,β-unsaturated/α-hetero) is 2. The first-order valence-corrected chi connectivity index (χ1v) is 14.2. The maximum atomic E-state index is 15.9. The molecule has 4 aromatic carbocycles. The van der Waals surface area contributed by atoms with Gasteiger partial charge in [0.25, 0.3) is 0 Å². The highest BCUT2D eigenvalue weighted by Crippen LogP contribution is 2.68. The van der Waals surface area contributed by atoms with Crippen LogP contribution in [0.1, 0.15) is 50.6 Å². The van der Waals surface area contributed by atoms with Gasteiger partial charge in [0.05, 0.1) is 18.4 Å². The van der Waals surface area contributed by atoms with Crippen LogP contribution in [0.5, 0.6) is 0 Å². The number of alkyl halides is 3. The Kier molecular flexibility index (Phi) is 7.11. The molecule has 6 rings (SSSR count). The zero-order valence-corrected chi connectivity index (χ0v) is 23.7. The predicted molar refractivity (Wildman–Crippen MR) is 155 cm³/mol. The van der Waals surface area contributed by atoms with Gasteiger partial charge in [-0.25, -0.2) is 0 Å². The van der Waals surface area contributed by atoms with Crippen LogP contribution in [-0.2, 0) is 9.53 Å². The topological polar surface area (TPSA) is 124 Å². The Morgan fingerprint density at radius 3 is 2.02 bits per heavy atom. The van der Waals surface area contributed by atoms with Crippen LogP contribution < -0.4 is 0 Å². The fourth-order valence-corrected chi connectivity index (χ4v) is 7.65. The molecule has 0 heterocycles. The lowest BCUT2D eigenvalue weighted by molar-refractivity contribution is -0.544. The fraction of sp³-hybridized carbons (Fsp3) is 0.265. The summed E-state index contributed by atoms with van der Waals surface area (Å²) >= 11 is 0. The summed E-state index contributed by atoms with van der Waals surface area (Å²) in [5.74, 6) is -11.5. The lowest BCUT2D eigenvalue weighted by Crippen LogP contribution is -2.76. The average molecular weight is 618 g/mol. The molecule has 5 atom stereocenters.